The van der Waals surface area contributed by atoms with Gasteiger partial charge in [0.2, 0.25) is 0 Å². The van der Waals surface area contributed by atoms with Crippen LogP contribution >= 0.6 is 23.5 Å². The van der Waals surface area contributed by atoms with E-state index in [9.17, 15) is 0 Å². The van der Waals surface area contributed by atoms with Crippen molar-refractivity contribution in [1.29, 1.82) is 0 Å². The molecule has 2 aromatic heterocycles. The van der Waals surface area contributed by atoms with Crippen LogP contribution in [0.15, 0.2) is 36.7 Å². The third kappa shape index (κ3) is 2.43. The Morgan fingerprint density at radius 3 is 2.06 bits per heavy atom. The quantitative estimate of drug-likeness (QED) is 0.886. The Kier molecular flexibility index (Phi) is 3.52. The van der Waals surface area contributed by atoms with Gasteiger partial charge in [-0.1, -0.05) is 0 Å². The normalized spacial score (nSPS) is 17.7. The van der Waals surface area contributed by atoms with Crippen molar-refractivity contribution in [3.05, 3.63) is 48.0 Å². The first-order chi connectivity index (χ1) is 8.45. The van der Waals surface area contributed by atoms with Gasteiger partial charge in [0.05, 0.1) is 10.5 Å². The van der Waals surface area contributed by atoms with Crippen LogP contribution in [-0.2, 0) is 0 Å². The molecule has 0 saturated carbocycles. The molecule has 1 aliphatic heterocycles. The van der Waals surface area contributed by atoms with Gasteiger partial charge in [-0.15, -0.1) is 23.5 Å². The van der Waals surface area contributed by atoms with Gasteiger partial charge in [-0.25, -0.2) is 0 Å². The molecule has 4 heteroatoms. The maximum Gasteiger partial charge on any atom is 0.0640 e. The zero-order valence-electron chi connectivity index (χ0n) is 9.56. The maximum absolute atomic E-state index is 3.38. The van der Waals surface area contributed by atoms with E-state index in [0.29, 0.717) is 10.5 Å². The highest BCUT2D eigenvalue weighted by Gasteiger charge is 2.28. The molecule has 1 fully saturated rings. The topological polar surface area (TPSA) is 31.6 Å². The van der Waals surface area contributed by atoms with Gasteiger partial charge in [-0.05, 0) is 42.2 Å². The van der Waals surface area contributed by atoms with Gasteiger partial charge in [0.25, 0.3) is 0 Å². The molecule has 3 rings (SSSR count). The van der Waals surface area contributed by atoms with E-state index in [-0.39, 0.29) is 0 Å². The Balaban J connectivity index is 1.91. The molecule has 0 bridgehead atoms. The molecule has 0 atom stereocenters. The van der Waals surface area contributed by atoms with E-state index in [1.54, 1.807) is 0 Å². The zero-order chi connectivity index (χ0) is 11.5. The van der Waals surface area contributed by atoms with Crippen molar-refractivity contribution in [3.8, 4) is 0 Å². The Labute approximate surface area is 110 Å². The van der Waals surface area contributed by atoms with Crippen LogP contribution in [0.4, 0.5) is 0 Å². The fraction of sp³-hybridized carbons (Fsp3) is 0.385. The first-order valence-corrected chi connectivity index (χ1v) is 8.04. The predicted molar refractivity (Wildman–Crippen MR) is 76.7 cm³/mol. The van der Waals surface area contributed by atoms with Gasteiger partial charge in [-0.2, -0.15) is 0 Å². The van der Waals surface area contributed by atoms with Gasteiger partial charge < -0.3 is 9.97 Å². The average Bonchev–Trinajstić information content (AvgIpc) is 3.04. The summed E-state index contributed by atoms with van der Waals surface area (Å²) in [5, 5.41) is 0. The number of hydrogen-bond donors (Lipinski definition) is 2. The molecule has 17 heavy (non-hydrogen) atoms. The van der Waals surface area contributed by atoms with E-state index in [2.05, 4.69) is 57.8 Å². The lowest BCUT2D eigenvalue weighted by atomic mass is 10.0. The minimum atomic E-state index is 0.454. The number of rotatable bonds is 3. The molecule has 2 nitrogen and oxygen atoms in total. The molecule has 0 aromatic carbocycles. The first-order valence-electron chi connectivity index (χ1n) is 5.95. The summed E-state index contributed by atoms with van der Waals surface area (Å²) in [6.45, 7) is 0. The molecule has 2 aromatic rings. The van der Waals surface area contributed by atoms with Crippen LogP contribution in [-0.4, -0.2) is 26.1 Å². The van der Waals surface area contributed by atoms with Crippen molar-refractivity contribution in [3.63, 3.8) is 0 Å². The minimum absolute atomic E-state index is 0.454. The second-order valence-electron chi connectivity index (χ2n) is 4.19. The first kappa shape index (κ1) is 11.4. The van der Waals surface area contributed by atoms with Crippen molar-refractivity contribution in [2.45, 2.75) is 16.9 Å². The molecule has 1 saturated heterocycles. The van der Waals surface area contributed by atoms with Gasteiger partial charge in [0.1, 0.15) is 0 Å². The third-order valence-corrected chi connectivity index (χ3v) is 6.11. The summed E-state index contributed by atoms with van der Waals surface area (Å²) in [6, 6.07) is 8.56. The Bertz CT molecular complexity index is 396. The van der Waals surface area contributed by atoms with Gasteiger partial charge in [0, 0.05) is 23.8 Å². The largest absolute Gasteiger partial charge is 0.364 e. The van der Waals surface area contributed by atoms with Crippen molar-refractivity contribution in [2.24, 2.45) is 0 Å². The zero-order valence-corrected chi connectivity index (χ0v) is 11.2. The monoisotopic (exact) mass is 264 g/mol. The number of aromatic nitrogens is 2. The van der Waals surface area contributed by atoms with Crippen LogP contribution in [0.25, 0.3) is 0 Å². The molecule has 0 unspecified atom stereocenters. The second kappa shape index (κ2) is 5.27. The molecule has 3 heterocycles. The lowest BCUT2D eigenvalue weighted by Crippen LogP contribution is -2.18. The van der Waals surface area contributed by atoms with E-state index in [1.807, 2.05) is 12.4 Å². The van der Waals surface area contributed by atoms with E-state index < -0.39 is 0 Å². The van der Waals surface area contributed by atoms with Crippen LogP contribution in [0.3, 0.4) is 0 Å². The van der Waals surface area contributed by atoms with E-state index >= 15 is 0 Å². The lowest BCUT2D eigenvalue weighted by Gasteiger charge is -2.28. The Morgan fingerprint density at radius 2 is 1.59 bits per heavy atom. The smallest absolute Gasteiger partial charge is 0.0640 e. The summed E-state index contributed by atoms with van der Waals surface area (Å²) < 4.78 is 0.626. The fourth-order valence-corrected chi connectivity index (χ4v) is 5.44. The average molecular weight is 264 g/mol. The van der Waals surface area contributed by atoms with Crippen molar-refractivity contribution in [1.82, 2.24) is 9.97 Å². The van der Waals surface area contributed by atoms with Crippen LogP contribution in [0.1, 0.15) is 23.7 Å². The number of hydrogen-bond acceptors (Lipinski definition) is 2. The number of thioether (sulfide) groups is 2. The van der Waals surface area contributed by atoms with Crippen LogP contribution in [0.2, 0.25) is 0 Å². The van der Waals surface area contributed by atoms with E-state index in [1.165, 1.54) is 29.3 Å². The fourth-order valence-electron chi connectivity index (χ4n) is 2.23. The predicted octanol–water partition coefficient (Wildman–Crippen LogP) is 3.67. The van der Waals surface area contributed by atoms with Gasteiger partial charge >= 0.3 is 0 Å². The Morgan fingerprint density at radius 1 is 1.00 bits per heavy atom. The third-order valence-electron chi connectivity index (χ3n) is 3.04. The van der Waals surface area contributed by atoms with Crippen LogP contribution in [0, 0.1) is 0 Å². The SMILES string of the molecule is c1c[nH]c(C(c2ccc[nH]2)C2SCCCS2)c1. The maximum atomic E-state index is 3.38. The van der Waals surface area contributed by atoms with Crippen LogP contribution in [0.5, 0.6) is 0 Å². The molecular formula is C13H16N2S2. The van der Waals surface area contributed by atoms with E-state index in [0.717, 1.165) is 0 Å². The van der Waals surface area contributed by atoms with Crippen molar-refractivity contribution >= 4 is 23.5 Å². The highest BCUT2D eigenvalue weighted by Crippen LogP contribution is 2.42. The Hall–Kier alpha value is -0.740. The summed E-state index contributed by atoms with van der Waals surface area (Å²) in [5.41, 5.74) is 2.64. The minimum Gasteiger partial charge on any atom is -0.364 e. The number of nitrogens with one attached hydrogen (secondary N) is 2. The molecule has 1 aliphatic rings. The van der Waals surface area contributed by atoms with E-state index in [4.69, 9.17) is 0 Å². The highest BCUT2D eigenvalue weighted by molar-refractivity contribution is 8.17. The second-order valence-corrected chi connectivity index (χ2v) is 6.99. The molecular weight excluding hydrogens is 248 g/mol. The van der Waals surface area contributed by atoms with Gasteiger partial charge in [0.15, 0.2) is 0 Å². The van der Waals surface area contributed by atoms with Crippen molar-refractivity contribution < 1.29 is 0 Å². The summed E-state index contributed by atoms with van der Waals surface area (Å²) in [5.74, 6) is 3.03. The number of H-pyrrole nitrogens is 2. The van der Waals surface area contributed by atoms with Gasteiger partial charge in [-0.3, -0.25) is 0 Å². The summed E-state index contributed by atoms with van der Waals surface area (Å²) in [4.78, 5) is 6.75. The molecule has 2 N–H and O–H groups in total. The molecule has 0 radical (unpaired) electrons. The van der Waals surface area contributed by atoms with Crippen LogP contribution < -0.4 is 0 Å². The standard InChI is InChI=1S/C13H16N2S2/c1-4-10(14-6-1)12(11-5-2-7-15-11)13-16-8-3-9-17-13/h1-2,4-7,12-15H,3,8-9H2. The molecule has 0 amide bonds. The lowest BCUT2D eigenvalue weighted by molar-refractivity contribution is 0.829. The number of aromatic amines is 2. The summed E-state index contributed by atoms with van der Waals surface area (Å²) >= 11 is 4.18. The molecule has 0 spiro atoms. The highest BCUT2D eigenvalue weighted by atomic mass is 32.2. The van der Waals surface area contributed by atoms with Crippen molar-refractivity contribution in [2.75, 3.05) is 11.5 Å². The summed E-state index contributed by atoms with van der Waals surface area (Å²) in [6.07, 6.45) is 5.38. The molecule has 90 valence electrons. The molecule has 0 aliphatic carbocycles. The summed E-state index contributed by atoms with van der Waals surface area (Å²) in [7, 11) is 0.